The molecule has 0 aliphatic carbocycles. The van der Waals surface area contributed by atoms with Gasteiger partial charge in [-0.25, -0.2) is 0 Å². The molecule has 0 amide bonds. The minimum absolute atomic E-state index is 0.137. The van der Waals surface area contributed by atoms with Crippen molar-refractivity contribution in [1.82, 2.24) is 4.90 Å². The zero-order chi connectivity index (χ0) is 13.8. The summed E-state index contributed by atoms with van der Waals surface area (Å²) in [7, 11) is 5.22. The molecule has 0 radical (unpaired) electrons. The second kappa shape index (κ2) is 5.65. The van der Waals surface area contributed by atoms with Gasteiger partial charge < -0.3 is 19.1 Å². The van der Waals surface area contributed by atoms with Crippen LogP contribution >= 0.6 is 0 Å². The van der Waals surface area contributed by atoms with Crippen LogP contribution in [0.15, 0.2) is 24.4 Å². The SMILES string of the molecule is COc1c(C(=O)C=CN(C)C)ccc2c1OCCO2. The van der Waals surface area contributed by atoms with Crippen LogP contribution in [-0.2, 0) is 0 Å². The quantitative estimate of drug-likeness (QED) is 0.611. The van der Waals surface area contributed by atoms with Crippen LogP contribution in [0.25, 0.3) is 0 Å². The van der Waals surface area contributed by atoms with E-state index in [1.165, 1.54) is 13.2 Å². The molecule has 1 aliphatic heterocycles. The number of carbonyl (C=O) groups excluding carboxylic acids is 1. The number of rotatable bonds is 4. The summed E-state index contributed by atoms with van der Waals surface area (Å²) in [4.78, 5) is 13.9. The number of fused-ring (bicyclic) bond motifs is 1. The minimum Gasteiger partial charge on any atom is -0.492 e. The van der Waals surface area contributed by atoms with Gasteiger partial charge in [-0.15, -0.1) is 0 Å². The van der Waals surface area contributed by atoms with Crippen LogP contribution in [0.4, 0.5) is 0 Å². The first-order chi connectivity index (χ1) is 9.13. The van der Waals surface area contributed by atoms with Gasteiger partial charge in [0.1, 0.15) is 13.2 Å². The molecule has 1 heterocycles. The summed E-state index contributed by atoms with van der Waals surface area (Å²) >= 11 is 0. The molecule has 0 aromatic heterocycles. The molecular formula is C14H17NO4. The maximum Gasteiger partial charge on any atom is 0.204 e. The molecule has 5 nitrogen and oxygen atoms in total. The van der Waals surface area contributed by atoms with Crippen molar-refractivity contribution in [3.8, 4) is 17.2 Å². The first-order valence-corrected chi connectivity index (χ1v) is 5.99. The first-order valence-electron chi connectivity index (χ1n) is 5.99. The molecule has 0 saturated heterocycles. The van der Waals surface area contributed by atoms with Crippen LogP contribution < -0.4 is 14.2 Å². The van der Waals surface area contributed by atoms with Crippen molar-refractivity contribution >= 4 is 5.78 Å². The number of carbonyl (C=O) groups is 1. The van der Waals surface area contributed by atoms with Gasteiger partial charge in [-0.3, -0.25) is 4.79 Å². The highest BCUT2D eigenvalue weighted by Crippen LogP contribution is 2.41. The fourth-order valence-corrected chi connectivity index (χ4v) is 1.79. The van der Waals surface area contributed by atoms with E-state index in [4.69, 9.17) is 14.2 Å². The van der Waals surface area contributed by atoms with Crippen molar-refractivity contribution in [3.05, 3.63) is 30.0 Å². The summed E-state index contributed by atoms with van der Waals surface area (Å²) in [5.74, 6) is 1.39. The zero-order valence-corrected chi connectivity index (χ0v) is 11.3. The smallest absolute Gasteiger partial charge is 0.204 e. The largest absolute Gasteiger partial charge is 0.492 e. The molecule has 0 unspecified atom stereocenters. The molecule has 1 aromatic carbocycles. The third-order valence-corrected chi connectivity index (χ3v) is 2.66. The van der Waals surface area contributed by atoms with Gasteiger partial charge in [0.15, 0.2) is 17.3 Å². The number of benzene rings is 1. The summed E-state index contributed by atoms with van der Waals surface area (Å²) in [6, 6.07) is 3.42. The van der Waals surface area contributed by atoms with E-state index in [9.17, 15) is 4.79 Å². The number of ether oxygens (including phenoxy) is 3. The fourth-order valence-electron chi connectivity index (χ4n) is 1.79. The average molecular weight is 263 g/mol. The molecule has 0 N–H and O–H groups in total. The lowest BCUT2D eigenvalue weighted by Gasteiger charge is -2.21. The number of hydrogen-bond donors (Lipinski definition) is 0. The molecule has 0 fully saturated rings. The predicted molar refractivity (Wildman–Crippen MR) is 71.1 cm³/mol. The Morgan fingerprint density at radius 3 is 2.74 bits per heavy atom. The van der Waals surface area contributed by atoms with Crippen LogP contribution in [0.1, 0.15) is 10.4 Å². The lowest BCUT2D eigenvalue weighted by Crippen LogP contribution is -2.17. The minimum atomic E-state index is -0.137. The summed E-state index contributed by atoms with van der Waals surface area (Å²) in [5, 5.41) is 0. The van der Waals surface area contributed by atoms with Gasteiger partial charge in [0.2, 0.25) is 5.75 Å². The lowest BCUT2D eigenvalue weighted by atomic mass is 10.1. The Morgan fingerprint density at radius 1 is 1.32 bits per heavy atom. The predicted octanol–water partition coefficient (Wildman–Crippen LogP) is 1.72. The molecule has 0 atom stereocenters. The third-order valence-electron chi connectivity index (χ3n) is 2.66. The molecular weight excluding hydrogens is 246 g/mol. The summed E-state index contributed by atoms with van der Waals surface area (Å²) in [5.41, 5.74) is 0.463. The fraction of sp³-hybridized carbons (Fsp3) is 0.357. The van der Waals surface area contributed by atoms with E-state index in [1.54, 1.807) is 23.2 Å². The molecule has 0 spiro atoms. The van der Waals surface area contributed by atoms with Gasteiger partial charge in [0.25, 0.3) is 0 Å². The van der Waals surface area contributed by atoms with Crippen LogP contribution in [0.3, 0.4) is 0 Å². The molecule has 0 saturated carbocycles. The summed E-state index contributed by atoms with van der Waals surface area (Å²) in [6.07, 6.45) is 3.19. The molecule has 2 rings (SSSR count). The van der Waals surface area contributed by atoms with E-state index in [-0.39, 0.29) is 5.78 Å². The Balaban J connectivity index is 2.38. The Labute approximate surface area is 112 Å². The average Bonchev–Trinajstić information content (AvgIpc) is 2.43. The molecule has 19 heavy (non-hydrogen) atoms. The number of hydrogen-bond acceptors (Lipinski definition) is 5. The van der Waals surface area contributed by atoms with Crippen LogP contribution in [0, 0.1) is 0 Å². The van der Waals surface area contributed by atoms with Crippen LogP contribution in [0.2, 0.25) is 0 Å². The lowest BCUT2D eigenvalue weighted by molar-refractivity contribution is 0.104. The van der Waals surface area contributed by atoms with Gasteiger partial charge in [-0.1, -0.05) is 0 Å². The van der Waals surface area contributed by atoms with Crippen molar-refractivity contribution in [2.75, 3.05) is 34.4 Å². The molecule has 1 aromatic rings. The highest BCUT2D eigenvalue weighted by molar-refractivity contribution is 6.07. The van der Waals surface area contributed by atoms with E-state index < -0.39 is 0 Å². The number of methoxy groups -OCH3 is 1. The van der Waals surface area contributed by atoms with E-state index in [0.717, 1.165) is 0 Å². The molecule has 1 aliphatic rings. The van der Waals surface area contributed by atoms with E-state index in [0.29, 0.717) is 36.0 Å². The third kappa shape index (κ3) is 2.81. The molecule has 0 bridgehead atoms. The van der Waals surface area contributed by atoms with Gasteiger partial charge in [-0.2, -0.15) is 0 Å². The second-order valence-corrected chi connectivity index (χ2v) is 4.31. The Morgan fingerprint density at radius 2 is 2.05 bits per heavy atom. The second-order valence-electron chi connectivity index (χ2n) is 4.31. The number of ketones is 1. The van der Waals surface area contributed by atoms with E-state index >= 15 is 0 Å². The molecule has 5 heteroatoms. The Bertz CT molecular complexity index is 508. The highest BCUT2D eigenvalue weighted by Gasteiger charge is 2.22. The van der Waals surface area contributed by atoms with Crippen molar-refractivity contribution in [2.45, 2.75) is 0 Å². The normalized spacial score (nSPS) is 13.4. The summed E-state index contributed by atoms with van der Waals surface area (Å²) in [6.45, 7) is 0.957. The standard InChI is InChI=1S/C14H17NO4/c1-15(2)7-6-11(16)10-4-5-12-14(13(10)17-3)19-9-8-18-12/h4-7H,8-9H2,1-3H3. The number of allylic oxidation sites excluding steroid dienone is 1. The Kier molecular flexibility index (Phi) is 3.94. The maximum atomic E-state index is 12.1. The van der Waals surface area contributed by atoms with Gasteiger partial charge in [-0.05, 0) is 12.1 Å². The Hall–Kier alpha value is -2.17. The van der Waals surface area contributed by atoms with Crippen molar-refractivity contribution in [3.63, 3.8) is 0 Å². The van der Waals surface area contributed by atoms with Crippen LogP contribution in [0.5, 0.6) is 17.2 Å². The first kappa shape index (κ1) is 13.3. The van der Waals surface area contributed by atoms with Gasteiger partial charge >= 0.3 is 0 Å². The van der Waals surface area contributed by atoms with Crippen LogP contribution in [-0.4, -0.2) is 45.1 Å². The monoisotopic (exact) mass is 263 g/mol. The zero-order valence-electron chi connectivity index (χ0n) is 11.3. The van der Waals surface area contributed by atoms with Crippen molar-refractivity contribution in [1.29, 1.82) is 0 Å². The van der Waals surface area contributed by atoms with Crippen molar-refractivity contribution < 1.29 is 19.0 Å². The van der Waals surface area contributed by atoms with Gasteiger partial charge in [0.05, 0.1) is 12.7 Å². The topological polar surface area (TPSA) is 48.0 Å². The van der Waals surface area contributed by atoms with E-state index in [2.05, 4.69) is 0 Å². The maximum absolute atomic E-state index is 12.1. The van der Waals surface area contributed by atoms with Crippen molar-refractivity contribution in [2.24, 2.45) is 0 Å². The molecule has 102 valence electrons. The highest BCUT2D eigenvalue weighted by atomic mass is 16.6. The van der Waals surface area contributed by atoms with Gasteiger partial charge in [0, 0.05) is 26.4 Å². The summed E-state index contributed by atoms with van der Waals surface area (Å²) < 4.78 is 16.3. The van der Waals surface area contributed by atoms with E-state index in [1.807, 2.05) is 14.1 Å². The number of nitrogens with zero attached hydrogens (tertiary/aromatic N) is 1.